The summed E-state index contributed by atoms with van der Waals surface area (Å²) in [5.74, 6) is 0.677. The summed E-state index contributed by atoms with van der Waals surface area (Å²) in [6, 6.07) is 7.45. The predicted molar refractivity (Wildman–Crippen MR) is 96.7 cm³/mol. The van der Waals surface area contributed by atoms with Gasteiger partial charge in [-0.2, -0.15) is 0 Å². The highest BCUT2D eigenvalue weighted by Crippen LogP contribution is 2.32. The Morgan fingerprint density at radius 3 is 2.58 bits per heavy atom. The minimum atomic E-state index is -0.422. The van der Waals surface area contributed by atoms with Gasteiger partial charge >= 0.3 is 6.09 Å². The van der Waals surface area contributed by atoms with Gasteiger partial charge in [0.15, 0.2) is 0 Å². The first-order valence-corrected chi connectivity index (χ1v) is 8.90. The fourth-order valence-electron chi connectivity index (χ4n) is 3.18. The van der Waals surface area contributed by atoms with Gasteiger partial charge in [-0.05, 0) is 45.5 Å². The summed E-state index contributed by atoms with van der Waals surface area (Å²) in [7, 11) is 4.14. The average molecular weight is 334 g/mol. The molecule has 0 aromatic heterocycles. The van der Waals surface area contributed by atoms with Gasteiger partial charge in [-0.15, -0.1) is 0 Å². The predicted octanol–water partition coefficient (Wildman–Crippen LogP) is 4.29. The molecule has 0 atom stereocenters. The number of nitrogens with one attached hydrogen (secondary N) is 1. The van der Waals surface area contributed by atoms with Crippen molar-refractivity contribution < 1.29 is 14.3 Å². The number of likely N-dealkylation sites (N-methyl/N-ethyl adjacent to an activating group) is 1. The molecule has 0 bridgehead atoms. The lowest BCUT2D eigenvalue weighted by Crippen LogP contribution is -2.50. The van der Waals surface area contributed by atoms with E-state index in [0.29, 0.717) is 24.7 Å². The summed E-state index contributed by atoms with van der Waals surface area (Å²) >= 11 is 0. The van der Waals surface area contributed by atoms with E-state index in [2.05, 4.69) is 31.2 Å². The molecule has 0 unspecified atom stereocenters. The van der Waals surface area contributed by atoms with Crippen molar-refractivity contribution in [3.63, 3.8) is 0 Å². The number of benzene rings is 1. The van der Waals surface area contributed by atoms with Crippen LogP contribution in [0.2, 0.25) is 0 Å². The molecule has 1 aliphatic rings. The van der Waals surface area contributed by atoms with Crippen LogP contribution in [0, 0.1) is 0 Å². The summed E-state index contributed by atoms with van der Waals surface area (Å²) in [5, 5.41) is 2.81. The molecule has 5 heteroatoms. The van der Waals surface area contributed by atoms with E-state index in [1.807, 2.05) is 24.3 Å². The van der Waals surface area contributed by atoms with E-state index in [-0.39, 0.29) is 5.54 Å². The number of para-hydroxylation sites is 2. The van der Waals surface area contributed by atoms with Crippen LogP contribution >= 0.6 is 0 Å². The fraction of sp³-hybridized carbons (Fsp3) is 0.632. The first-order chi connectivity index (χ1) is 11.6. The average Bonchev–Trinajstić information content (AvgIpc) is 2.60. The lowest BCUT2D eigenvalue weighted by molar-refractivity contribution is 0.0263. The zero-order chi connectivity index (χ0) is 17.4. The number of rotatable bonds is 7. The summed E-state index contributed by atoms with van der Waals surface area (Å²) in [6.07, 6.45) is 6.30. The van der Waals surface area contributed by atoms with Gasteiger partial charge < -0.3 is 14.4 Å². The van der Waals surface area contributed by atoms with E-state index in [1.54, 1.807) is 0 Å². The molecular weight excluding hydrogens is 304 g/mol. The molecule has 1 aromatic rings. The fourth-order valence-corrected chi connectivity index (χ4v) is 3.18. The lowest BCUT2D eigenvalue weighted by atomic mass is 9.81. The minimum absolute atomic E-state index is 0.0339. The molecule has 134 valence electrons. The zero-order valence-electron chi connectivity index (χ0n) is 15.1. The Kier molecular flexibility index (Phi) is 6.91. The Bertz CT molecular complexity index is 525. The van der Waals surface area contributed by atoms with E-state index >= 15 is 0 Å². The highest BCUT2D eigenvalue weighted by Gasteiger charge is 2.35. The highest BCUT2D eigenvalue weighted by atomic mass is 16.5. The van der Waals surface area contributed by atoms with Gasteiger partial charge in [0.1, 0.15) is 12.4 Å². The number of nitrogens with zero attached hydrogens (tertiary/aromatic N) is 1. The zero-order valence-corrected chi connectivity index (χ0v) is 15.1. The van der Waals surface area contributed by atoms with Crippen molar-refractivity contribution in [3.05, 3.63) is 24.3 Å². The number of amides is 1. The molecule has 0 saturated heterocycles. The second kappa shape index (κ2) is 8.92. The third-order valence-electron chi connectivity index (χ3n) is 4.79. The maximum Gasteiger partial charge on any atom is 0.411 e. The van der Waals surface area contributed by atoms with Crippen LogP contribution in [0.25, 0.3) is 0 Å². The van der Waals surface area contributed by atoms with Gasteiger partial charge in [0.05, 0.1) is 17.8 Å². The van der Waals surface area contributed by atoms with Gasteiger partial charge in [0, 0.05) is 0 Å². The van der Waals surface area contributed by atoms with E-state index < -0.39 is 6.09 Å². The van der Waals surface area contributed by atoms with E-state index in [1.165, 1.54) is 19.3 Å². The van der Waals surface area contributed by atoms with Gasteiger partial charge in [0.25, 0.3) is 0 Å². The van der Waals surface area contributed by atoms with Crippen molar-refractivity contribution in [1.29, 1.82) is 0 Å². The van der Waals surface area contributed by atoms with Crippen molar-refractivity contribution in [3.8, 4) is 5.75 Å². The van der Waals surface area contributed by atoms with Crippen LogP contribution in [0.4, 0.5) is 10.5 Å². The summed E-state index contributed by atoms with van der Waals surface area (Å²) in [4.78, 5) is 14.4. The van der Waals surface area contributed by atoms with Gasteiger partial charge in [0.2, 0.25) is 0 Å². The number of anilines is 1. The molecule has 0 spiro atoms. The quantitative estimate of drug-likeness (QED) is 0.808. The standard InChI is InChI=1S/C19H30N2O3/c1-4-14-23-17-11-7-6-10-16(17)20-18(22)24-15-19(21(2)3)12-8-5-9-13-19/h6-7,10-11H,4-5,8-9,12-15H2,1-3H3,(H,20,22). The number of carbonyl (C=O) groups is 1. The minimum Gasteiger partial charge on any atom is -0.491 e. The van der Waals surface area contributed by atoms with E-state index in [9.17, 15) is 4.79 Å². The number of hydrogen-bond donors (Lipinski definition) is 1. The number of hydrogen-bond acceptors (Lipinski definition) is 4. The molecule has 0 radical (unpaired) electrons. The SMILES string of the molecule is CCCOc1ccccc1NC(=O)OCC1(N(C)C)CCCCC1. The molecule has 5 nitrogen and oxygen atoms in total. The highest BCUT2D eigenvalue weighted by molar-refractivity contribution is 5.86. The molecule has 0 aliphatic heterocycles. The Balaban J connectivity index is 1.93. The summed E-state index contributed by atoms with van der Waals surface area (Å²) < 4.78 is 11.2. The smallest absolute Gasteiger partial charge is 0.411 e. The topological polar surface area (TPSA) is 50.8 Å². The molecular formula is C19H30N2O3. The van der Waals surface area contributed by atoms with Crippen molar-refractivity contribution in [2.45, 2.75) is 51.0 Å². The van der Waals surface area contributed by atoms with Crippen molar-refractivity contribution >= 4 is 11.8 Å². The van der Waals surface area contributed by atoms with Crippen LogP contribution in [0.3, 0.4) is 0 Å². The molecule has 0 heterocycles. The van der Waals surface area contributed by atoms with Crippen molar-refractivity contribution in [1.82, 2.24) is 4.90 Å². The second-order valence-electron chi connectivity index (χ2n) is 6.73. The number of ether oxygens (including phenoxy) is 2. The van der Waals surface area contributed by atoms with Crippen molar-refractivity contribution in [2.24, 2.45) is 0 Å². The maximum absolute atomic E-state index is 12.2. The molecule has 1 aromatic carbocycles. The van der Waals surface area contributed by atoms with Crippen molar-refractivity contribution in [2.75, 3.05) is 32.6 Å². The molecule has 1 fully saturated rings. The van der Waals surface area contributed by atoms with Crippen LogP contribution in [-0.2, 0) is 4.74 Å². The monoisotopic (exact) mass is 334 g/mol. The van der Waals surface area contributed by atoms with Gasteiger partial charge in [-0.3, -0.25) is 5.32 Å². The largest absolute Gasteiger partial charge is 0.491 e. The normalized spacial score (nSPS) is 16.7. The van der Waals surface area contributed by atoms with Gasteiger partial charge in [-0.1, -0.05) is 38.3 Å². The molecule has 1 amide bonds. The maximum atomic E-state index is 12.2. The molecule has 1 aliphatic carbocycles. The molecule has 24 heavy (non-hydrogen) atoms. The Hall–Kier alpha value is -1.75. The third kappa shape index (κ3) is 4.87. The second-order valence-corrected chi connectivity index (χ2v) is 6.73. The van der Waals surface area contributed by atoms with Gasteiger partial charge in [-0.25, -0.2) is 4.79 Å². The third-order valence-corrected chi connectivity index (χ3v) is 4.79. The van der Waals surface area contributed by atoms with Crippen LogP contribution in [0.15, 0.2) is 24.3 Å². The number of carbonyl (C=O) groups excluding carboxylic acids is 1. The first-order valence-electron chi connectivity index (χ1n) is 8.90. The first kappa shape index (κ1) is 18.6. The lowest BCUT2D eigenvalue weighted by Gasteiger charge is -2.42. The summed E-state index contributed by atoms with van der Waals surface area (Å²) in [5.41, 5.74) is 0.617. The van der Waals surface area contributed by atoms with E-state index in [4.69, 9.17) is 9.47 Å². The Labute approximate surface area is 145 Å². The van der Waals surface area contributed by atoms with Crippen LogP contribution in [0.1, 0.15) is 45.4 Å². The Morgan fingerprint density at radius 2 is 1.92 bits per heavy atom. The summed E-state index contributed by atoms with van der Waals surface area (Å²) in [6.45, 7) is 3.09. The Morgan fingerprint density at radius 1 is 1.21 bits per heavy atom. The van der Waals surface area contributed by atoms with Crippen LogP contribution in [-0.4, -0.2) is 43.8 Å². The molecule has 1 N–H and O–H groups in total. The van der Waals surface area contributed by atoms with Crippen LogP contribution < -0.4 is 10.1 Å². The van der Waals surface area contributed by atoms with Crippen LogP contribution in [0.5, 0.6) is 5.75 Å². The molecule has 1 saturated carbocycles. The molecule has 2 rings (SSSR count). The van der Waals surface area contributed by atoms with E-state index in [0.717, 1.165) is 19.3 Å².